The van der Waals surface area contributed by atoms with Crippen LogP contribution in [0.4, 0.5) is 0 Å². The van der Waals surface area contributed by atoms with E-state index < -0.39 is 5.97 Å². The number of hydrogen-bond acceptors (Lipinski definition) is 4. The highest BCUT2D eigenvalue weighted by Crippen LogP contribution is 2.28. The molecule has 0 aliphatic heterocycles. The molecular formula is C34H34N2O5. The summed E-state index contributed by atoms with van der Waals surface area (Å²) in [6.45, 7) is 2.80. The Morgan fingerprint density at radius 3 is 1.98 bits per heavy atom. The number of rotatable bonds is 12. The van der Waals surface area contributed by atoms with Gasteiger partial charge in [-0.2, -0.15) is 0 Å². The zero-order valence-electron chi connectivity index (χ0n) is 23.3. The third-order valence-electron chi connectivity index (χ3n) is 6.91. The van der Waals surface area contributed by atoms with Gasteiger partial charge in [0, 0.05) is 30.8 Å². The molecule has 2 N–H and O–H groups in total. The first-order valence-corrected chi connectivity index (χ1v) is 13.5. The third kappa shape index (κ3) is 7.82. The van der Waals surface area contributed by atoms with Crippen LogP contribution in [0.3, 0.4) is 0 Å². The fourth-order valence-corrected chi connectivity index (χ4v) is 4.58. The molecule has 0 saturated heterocycles. The molecule has 7 heteroatoms. The maximum atomic E-state index is 13.9. The third-order valence-corrected chi connectivity index (χ3v) is 6.91. The number of amides is 2. The van der Waals surface area contributed by atoms with Gasteiger partial charge in [0.2, 0.25) is 0 Å². The number of benzene rings is 4. The second kappa shape index (κ2) is 13.9. The topological polar surface area (TPSA) is 95.9 Å². The van der Waals surface area contributed by atoms with Crippen LogP contribution in [0.15, 0.2) is 97.1 Å². The second-order valence-electron chi connectivity index (χ2n) is 9.79. The highest BCUT2D eigenvalue weighted by molar-refractivity contribution is 6.06. The van der Waals surface area contributed by atoms with Crippen molar-refractivity contribution in [3.8, 4) is 16.9 Å². The Morgan fingerprint density at radius 2 is 1.34 bits per heavy atom. The molecule has 0 bridgehead atoms. The van der Waals surface area contributed by atoms with Crippen LogP contribution in [0, 0.1) is 6.92 Å². The van der Waals surface area contributed by atoms with Crippen LogP contribution in [0.1, 0.15) is 43.8 Å². The number of aliphatic carboxylic acids is 1. The number of hydrogen-bond donors (Lipinski definition) is 2. The fraction of sp³-hybridized carbons (Fsp3) is 0.206. The lowest BCUT2D eigenvalue weighted by Gasteiger charge is -2.24. The Labute approximate surface area is 240 Å². The van der Waals surface area contributed by atoms with E-state index in [1.165, 1.54) is 0 Å². The highest BCUT2D eigenvalue weighted by atomic mass is 16.5. The van der Waals surface area contributed by atoms with Crippen LogP contribution in [-0.2, 0) is 17.8 Å². The molecule has 4 aromatic rings. The summed E-state index contributed by atoms with van der Waals surface area (Å²) in [7, 11) is 1.60. The van der Waals surface area contributed by atoms with Crippen LogP contribution >= 0.6 is 0 Å². The van der Waals surface area contributed by atoms with E-state index in [-0.39, 0.29) is 24.8 Å². The van der Waals surface area contributed by atoms with E-state index in [4.69, 9.17) is 4.74 Å². The zero-order chi connectivity index (χ0) is 29.2. The largest absolute Gasteiger partial charge is 0.497 e. The monoisotopic (exact) mass is 550 g/mol. The predicted octanol–water partition coefficient (Wildman–Crippen LogP) is 5.76. The minimum atomic E-state index is -0.976. The van der Waals surface area contributed by atoms with Gasteiger partial charge in [0.25, 0.3) is 11.8 Å². The first-order valence-electron chi connectivity index (χ1n) is 13.5. The Balaban J connectivity index is 1.58. The molecule has 0 saturated carbocycles. The average molecular weight is 551 g/mol. The van der Waals surface area contributed by atoms with Gasteiger partial charge in [-0.15, -0.1) is 0 Å². The van der Waals surface area contributed by atoms with E-state index in [1.807, 2.05) is 79.7 Å². The predicted molar refractivity (Wildman–Crippen MR) is 159 cm³/mol. The summed E-state index contributed by atoms with van der Waals surface area (Å²) < 4.78 is 5.22. The summed E-state index contributed by atoms with van der Waals surface area (Å²) in [5.74, 6) is -0.768. The van der Waals surface area contributed by atoms with Crippen molar-refractivity contribution in [3.63, 3.8) is 0 Å². The van der Waals surface area contributed by atoms with E-state index in [9.17, 15) is 19.5 Å². The van der Waals surface area contributed by atoms with Gasteiger partial charge >= 0.3 is 5.97 Å². The summed E-state index contributed by atoms with van der Waals surface area (Å²) in [6, 6.07) is 29.9. The molecule has 4 rings (SSSR count). The van der Waals surface area contributed by atoms with Crippen molar-refractivity contribution in [1.29, 1.82) is 0 Å². The molecule has 2 amide bonds. The maximum absolute atomic E-state index is 13.9. The molecule has 7 nitrogen and oxygen atoms in total. The van der Waals surface area contributed by atoms with Gasteiger partial charge in [0.05, 0.1) is 13.5 Å². The molecule has 0 unspecified atom stereocenters. The summed E-state index contributed by atoms with van der Waals surface area (Å²) in [5, 5.41) is 12.3. The lowest BCUT2D eigenvalue weighted by molar-refractivity contribution is -0.137. The molecule has 0 radical (unpaired) electrons. The number of carboxylic acids is 1. The Morgan fingerprint density at radius 1 is 0.756 bits per heavy atom. The van der Waals surface area contributed by atoms with Crippen LogP contribution in [0.5, 0.6) is 5.75 Å². The minimum Gasteiger partial charge on any atom is -0.497 e. The molecule has 210 valence electrons. The van der Waals surface area contributed by atoms with Gasteiger partial charge in [-0.05, 0) is 59.9 Å². The summed E-state index contributed by atoms with van der Waals surface area (Å²) in [5.41, 5.74) is 5.25. The molecule has 0 heterocycles. The van der Waals surface area contributed by atoms with Gasteiger partial charge in [-0.1, -0.05) is 78.4 Å². The molecule has 0 aliphatic rings. The van der Waals surface area contributed by atoms with Crippen molar-refractivity contribution in [3.05, 3.63) is 125 Å². The van der Waals surface area contributed by atoms with E-state index in [0.717, 1.165) is 22.4 Å². The van der Waals surface area contributed by atoms with Crippen molar-refractivity contribution < 1.29 is 24.2 Å². The number of carbonyl (C=O) groups is 3. The first kappa shape index (κ1) is 29.1. The van der Waals surface area contributed by atoms with Gasteiger partial charge < -0.3 is 20.1 Å². The number of carboxylic acid groups (broad SMARTS) is 1. The molecule has 0 spiro atoms. The van der Waals surface area contributed by atoms with Crippen molar-refractivity contribution in [2.75, 3.05) is 20.2 Å². The zero-order valence-corrected chi connectivity index (χ0v) is 23.3. The quantitative estimate of drug-likeness (QED) is 0.234. The van der Waals surface area contributed by atoms with Gasteiger partial charge in [-0.25, -0.2) is 0 Å². The Hall–Kier alpha value is -4.91. The molecular weight excluding hydrogens is 516 g/mol. The average Bonchev–Trinajstić information content (AvgIpc) is 3.00. The number of nitrogens with zero attached hydrogens (tertiary/aromatic N) is 1. The SMILES string of the molecule is COc1ccc(CCN(CCC(=O)O)C(=O)c2ccccc2-c2ccccc2C(=O)NCc2ccc(C)cc2)cc1. The molecule has 41 heavy (non-hydrogen) atoms. The fourth-order valence-electron chi connectivity index (χ4n) is 4.58. The molecule has 0 aromatic heterocycles. The molecule has 0 aliphatic carbocycles. The van der Waals surface area contributed by atoms with Gasteiger partial charge in [-0.3, -0.25) is 14.4 Å². The van der Waals surface area contributed by atoms with E-state index in [0.29, 0.717) is 41.8 Å². The van der Waals surface area contributed by atoms with Crippen LogP contribution in [-0.4, -0.2) is 48.0 Å². The normalized spacial score (nSPS) is 10.6. The van der Waals surface area contributed by atoms with E-state index in [1.54, 1.807) is 36.3 Å². The van der Waals surface area contributed by atoms with E-state index in [2.05, 4.69) is 5.32 Å². The lowest BCUT2D eigenvalue weighted by Crippen LogP contribution is -2.35. The number of methoxy groups -OCH3 is 1. The molecule has 0 atom stereocenters. The van der Waals surface area contributed by atoms with Gasteiger partial charge in [0.15, 0.2) is 0 Å². The number of ether oxygens (including phenoxy) is 1. The van der Waals surface area contributed by atoms with E-state index >= 15 is 0 Å². The number of carbonyl (C=O) groups excluding carboxylic acids is 2. The first-order chi connectivity index (χ1) is 19.9. The summed E-state index contributed by atoms with van der Waals surface area (Å²) in [4.78, 5) is 40.2. The van der Waals surface area contributed by atoms with Crippen molar-refractivity contribution in [2.45, 2.75) is 26.3 Å². The maximum Gasteiger partial charge on any atom is 0.305 e. The molecule has 4 aromatic carbocycles. The molecule has 0 fully saturated rings. The lowest BCUT2D eigenvalue weighted by atomic mass is 9.94. The van der Waals surface area contributed by atoms with Crippen LogP contribution < -0.4 is 10.1 Å². The second-order valence-corrected chi connectivity index (χ2v) is 9.79. The number of aryl methyl sites for hydroxylation is 1. The highest BCUT2D eigenvalue weighted by Gasteiger charge is 2.22. The Bertz CT molecular complexity index is 1500. The smallest absolute Gasteiger partial charge is 0.305 e. The van der Waals surface area contributed by atoms with Crippen LogP contribution in [0.2, 0.25) is 0 Å². The number of nitrogens with one attached hydrogen (secondary N) is 1. The standard InChI is InChI=1S/C34H34N2O5/c1-24-11-13-26(14-12-24)23-35-33(39)30-9-5-3-7-28(30)29-8-4-6-10-31(29)34(40)36(22-20-32(37)38)21-19-25-15-17-27(41-2)18-16-25/h3-18H,19-23H2,1-2H3,(H,35,39)(H,37,38). The Kier molecular flexibility index (Phi) is 9.89. The summed E-state index contributed by atoms with van der Waals surface area (Å²) >= 11 is 0. The minimum absolute atomic E-state index is 0.0668. The van der Waals surface area contributed by atoms with Crippen molar-refractivity contribution in [1.82, 2.24) is 10.2 Å². The van der Waals surface area contributed by atoms with Crippen molar-refractivity contribution >= 4 is 17.8 Å². The van der Waals surface area contributed by atoms with Crippen molar-refractivity contribution in [2.24, 2.45) is 0 Å². The van der Waals surface area contributed by atoms with Crippen LogP contribution in [0.25, 0.3) is 11.1 Å². The van der Waals surface area contributed by atoms with Gasteiger partial charge in [0.1, 0.15) is 5.75 Å². The summed E-state index contributed by atoms with van der Waals surface area (Å²) in [6.07, 6.45) is 0.379.